The first-order valence-electron chi connectivity index (χ1n) is 10.4. The van der Waals surface area contributed by atoms with E-state index in [1.54, 1.807) is 21.3 Å². The van der Waals surface area contributed by atoms with Gasteiger partial charge in [-0.2, -0.15) is 10.1 Å². The van der Waals surface area contributed by atoms with Crippen molar-refractivity contribution < 1.29 is 0 Å². The minimum Gasteiger partial charge on any atom is -0.368 e. The summed E-state index contributed by atoms with van der Waals surface area (Å²) in [5, 5.41) is 5.22. The summed E-state index contributed by atoms with van der Waals surface area (Å²) in [6, 6.07) is 11.1. The molecule has 6 rings (SSSR count). The lowest BCUT2D eigenvalue weighted by molar-refractivity contribution is 0.422. The van der Waals surface area contributed by atoms with Gasteiger partial charge in [0.05, 0.1) is 22.4 Å². The van der Waals surface area contributed by atoms with Crippen LogP contribution in [-0.4, -0.2) is 30.7 Å². The Bertz CT molecular complexity index is 1380. The highest BCUT2D eigenvalue weighted by molar-refractivity contribution is 6.33. The molecule has 1 fully saturated rings. The minimum atomic E-state index is -0.189. The third-order valence-electron chi connectivity index (χ3n) is 6.20. The van der Waals surface area contributed by atoms with E-state index in [9.17, 15) is 4.79 Å². The molecule has 0 bridgehead atoms. The number of aryl methyl sites for hydroxylation is 1. The number of anilines is 2. The van der Waals surface area contributed by atoms with Gasteiger partial charge < -0.3 is 10.6 Å². The summed E-state index contributed by atoms with van der Waals surface area (Å²) in [5.74, 6) is 1.82. The van der Waals surface area contributed by atoms with Crippen molar-refractivity contribution in [1.29, 1.82) is 0 Å². The Morgan fingerprint density at radius 2 is 1.94 bits per heavy atom. The third kappa shape index (κ3) is 2.75. The van der Waals surface area contributed by atoms with E-state index in [-0.39, 0.29) is 11.6 Å². The van der Waals surface area contributed by atoms with Gasteiger partial charge in [-0.05, 0) is 43.9 Å². The molecule has 2 N–H and O–H groups in total. The van der Waals surface area contributed by atoms with E-state index in [1.807, 2.05) is 30.3 Å². The number of halogens is 1. The lowest BCUT2D eigenvalue weighted by Crippen LogP contribution is -2.45. The van der Waals surface area contributed by atoms with Gasteiger partial charge in [0.15, 0.2) is 5.82 Å². The summed E-state index contributed by atoms with van der Waals surface area (Å²) in [4.78, 5) is 24.7. The molecule has 0 unspecified atom stereocenters. The van der Waals surface area contributed by atoms with Crippen LogP contribution in [0.3, 0.4) is 0 Å². The number of nitrogens with zero attached hydrogens (tertiary/aromatic N) is 6. The van der Waals surface area contributed by atoms with Crippen molar-refractivity contribution in [3.8, 4) is 5.69 Å². The first-order valence-corrected chi connectivity index (χ1v) is 10.8. The fourth-order valence-electron chi connectivity index (χ4n) is 4.67. The maximum atomic E-state index is 13.5. The zero-order valence-electron chi connectivity index (χ0n) is 16.7. The van der Waals surface area contributed by atoms with E-state index in [1.165, 1.54) is 0 Å². The van der Waals surface area contributed by atoms with Crippen LogP contribution in [0.4, 0.5) is 11.8 Å². The van der Waals surface area contributed by atoms with Crippen LogP contribution in [0.5, 0.6) is 0 Å². The molecular formula is C22H20ClN7O. The second-order valence-electron chi connectivity index (χ2n) is 7.97. The molecule has 1 aliphatic carbocycles. The lowest BCUT2D eigenvalue weighted by Gasteiger charge is -2.42. The molecular weight excluding hydrogens is 414 g/mol. The van der Waals surface area contributed by atoms with Gasteiger partial charge in [-0.15, -0.1) is 0 Å². The van der Waals surface area contributed by atoms with E-state index in [0.717, 1.165) is 55.0 Å². The van der Waals surface area contributed by atoms with E-state index >= 15 is 0 Å². The Balaban J connectivity index is 1.55. The standard InChI is InChI=1S/C22H20ClN7O/c23-15-9-12-29-18(15)21(31)30(13-5-2-1-3-6-13)20(27-29)17-10-11-28(17)19-14-7-4-8-16(14)25-22(24)26-19/h1-3,5-6,9,12,17H,4,7-8,10-11H2,(H2,24,25,26)/t17-/m0/s1. The lowest BCUT2D eigenvalue weighted by atomic mass is 10.0. The van der Waals surface area contributed by atoms with Gasteiger partial charge in [0, 0.05) is 18.3 Å². The van der Waals surface area contributed by atoms with Crippen LogP contribution in [0, 0.1) is 0 Å². The van der Waals surface area contributed by atoms with Crippen LogP contribution in [0.1, 0.15) is 36.0 Å². The van der Waals surface area contributed by atoms with Gasteiger partial charge in [-0.3, -0.25) is 9.36 Å². The number of hydrogen-bond acceptors (Lipinski definition) is 6. The molecule has 0 amide bonds. The number of aromatic nitrogens is 5. The number of nitrogen functional groups attached to an aromatic ring is 1. The van der Waals surface area contributed by atoms with Crippen LogP contribution < -0.4 is 16.2 Å². The van der Waals surface area contributed by atoms with E-state index in [4.69, 9.17) is 22.4 Å². The van der Waals surface area contributed by atoms with Gasteiger partial charge in [-0.25, -0.2) is 9.50 Å². The van der Waals surface area contributed by atoms with Gasteiger partial charge in [0.2, 0.25) is 5.95 Å². The van der Waals surface area contributed by atoms with Gasteiger partial charge in [0.25, 0.3) is 5.56 Å². The number of para-hydroxylation sites is 1. The number of fused-ring (bicyclic) bond motifs is 2. The maximum Gasteiger partial charge on any atom is 0.284 e. The smallest absolute Gasteiger partial charge is 0.284 e. The van der Waals surface area contributed by atoms with Crippen molar-refractivity contribution in [2.24, 2.45) is 0 Å². The summed E-state index contributed by atoms with van der Waals surface area (Å²) < 4.78 is 3.25. The molecule has 1 saturated heterocycles. The first-order chi connectivity index (χ1) is 15.1. The van der Waals surface area contributed by atoms with Crippen molar-refractivity contribution in [1.82, 2.24) is 24.1 Å². The van der Waals surface area contributed by atoms with E-state index in [2.05, 4.69) is 14.9 Å². The highest BCUT2D eigenvalue weighted by Gasteiger charge is 2.38. The molecule has 31 heavy (non-hydrogen) atoms. The third-order valence-corrected chi connectivity index (χ3v) is 6.50. The van der Waals surface area contributed by atoms with Crippen molar-refractivity contribution >= 4 is 28.9 Å². The highest BCUT2D eigenvalue weighted by atomic mass is 35.5. The molecule has 0 spiro atoms. The molecule has 8 nitrogen and oxygen atoms in total. The zero-order chi connectivity index (χ0) is 21.1. The Kier molecular flexibility index (Phi) is 4.04. The van der Waals surface area contributed by atoms with Crippen molar-refractivity contribution in [2.45, 2.75) is 31.7 Å². The van der Waals surface area contributed by atoms with Crippen molar-refractivity contribution in [3.05, 3.63) is 75.1 Å². The second kappa shape index (κ2) is 6.81. The van der Waals surface area contributed by atoms with Crippen LogP contribution in [0.25, 0.3) is 11.2 Å². The quantitative estimate of drug-likeness (QED) is 0.533. The second-order valence-corrected chi connectivity index (χ2v) is 8.38. The van der Waals surface area contributed by atoms with Gasteiger partial charge in [-0.1, -0.05) is 29.8 Å². The molecule has 2 aliphatic rings. The summed E-state index contributed by atoms with van der Waals surface area (Å²) in [5.41, 5.74) is 9.15. The monoisotopic (exact) mass is 433 g/mol. The number of benzene rings is 1. The topological polar surface area (TPSA) is 94.3 Å². The van der Waals surface area contributed by atoms with E-state index in [0.29, 0.717) is 22.3 Å². The van der Waals surface area contributed by atoms with Gasteiger partial charge in [0.1, 0.15) is 11.3 Å². The molecule has 1 atom stereocenters. The number of hydrogen-bond donors (Lipinski definition) is 1. The molecule has 0 saturated carbocycles. The number of nitrogens with two attached hydrogens (primary N) is 1. The Labute approximate surface area is 182 Å². The molecule has 9 heteroatoms. The SMILES string of the molecule is Nc1nc2c(c(N3CC[C@H]3c3nn4ccc(Cl)c4c(=O)n3-c3ccccc3)n1)CCC2. The molecule has 1 aliphatic heterocycles. The maximum absolute atomic E-state index is 13.5. The summed E-state index contributed by atoms with van der Waals surface area (Å²) in [6.45, 7) is 0.822. The Hall–Kier alpha value is -3.39. The van der Waals surface area contributed by atoms with Crippen LogP contribution in [-0.2, 0) is 12.8 Å². The van der Waals surface area contributed by atoms with Gasteiger partial charge >= 0.3 is 0 Å². The van der Waals surface area contributed by atoms with Crippen molar-refractivity contribution in [2.75, 3.05) is 17.2 Å². The highest BCUT2D eigenvalue weighted by Crippen LogP contribution is 2.40. The fraction of sp³-hybridized carbons (Fsp3) is 0.273. The molecule has 1 aromatic carbocycles. The van der Waals surface area contributed by atoms with Crippen LogP contribution in [0.15, 0.2) is 47.4 Å². The predicted molar refractivity (Wildman–Crippen MR) is 119 cm³/mol. The average molecular weight is 434 g/mol. The van der Waals surface area contributed by atoms with Crippen LogP contribution >= 0.6 is 11.6 Å². The summed E-state index contributed by atoms with van der Waals surface area (Å²) >= 11 is 6.31. The molecule has 4 heterocycles. The van der Waals surface area contributed by atoms with E-state index < -0.39 is 0 Å². The largest absolute Gasteiger partial charge is 0.368 e. The molecule has 156 valence electrons. The van der Waals surface area contributed by atoms with Crippen LogP contribution in [0.2, 0.25) is 5.02 Å². The average Bonchev–Trinajstić information content (AvgIpc) is 3.35. The fourth-order valence-corrected chi connectivity index (χ4v) is 4.89. The Morgan fingerprint density at radius 1 is 1.10 bits per heavy atom. The molecule has 3 aromatic heterocycles. The minimum absolute atomic E-state index is 0.0996. The number of rotatable bonds is 3. The van der Waals surface area contributed by atoms with Crippen molar-refractivity contribution in [3.63, 3.8) is 0 Å². The predicted octanol–water partition coefficient (Wildman–Crippen LogP) is 2.95. The summed E-state index contributed by atoms with van der Waals surface area (Å²) in [7, 11) is 0. The molecule has 0 radical (unpaired) electrons. The normalized spacial score (nSPS) is 17.7. The summed E-state index contributed by atoms with van der Waals surface area (Å²) in [6.07, 6.45) is 5.51. The zero-order valence-corrected chi connectivity index (χ0v) is 17.5. The Morgan fingerprint density at radius 3 is 2.71 bits per heavy atom. The molecule has 4 aromatic rings. The first kappa shape index (κ1) is 18.4.